The van der Waals surface area contributed by atoms with Crippen molar-refractivity contribution >= 4 is 11.6 Å². The van der Waals surface area contributed by atoms with E-state index in [1.165, 1.54) is 10.2 Å². The first-order valence-corrected chi connectivity index (χ1v) is 11.4. The highest BCUT2D eigenvalue weighted by atomic mass is 16.2. The van der Waals surface area contributed by atoms with E-state index in [4.69, 9.17) is 0 Å². The average Bonchev–Trinajstić information content (AvgIpc) is 2.84. The molecule has 0 aliphatic carbocycles. The van der Waals surface area contributed by atoms with Crippen molar-refractivity contribution in [1.82, 2.24) is 15.1 Å². The molecule has 0 spiro atoms. The number of nitrogens with zero attached hydrogens (tertiary/aromatic N) is 3. The second kappa shape index (κ2) is 10.8. The standard InChI is InChI=1S/C26H30N4O2/c31-25-17-24(18-28-30(25)19-22-11-5-2-6-12-22)29-16-8-14-23(20-29)26(32)27-15-7-13-21-9-3-1-4-10-21/h1-6,9-12,17-18,23H,7-8,13-16,19-20H2,(H,27,32)/t23-/m1/s1. The molecule has 0 unspecified atom stereocenters. The molecular weight excluding hydrogens is 400 g/mol. The van der Waals surface area contributed by atoms with Gasteiger partial charge in [-0.25, -0.2) is 4.68 Å². The molecule has 6 heteroatoms. The Morgan fingerprint density at radius 3 is 2.47 bits per heavy atom. The van der Waals surface area contributed by atoms with Crippen molar-refractivity contribution in [2.24, 2.45) is 5.92 Å². The van der Waals surface area contributed by atoms with Gasteiger partial charge in [-0.15, -0.1) is 0 Å². The van der Waals surface area contributed by atoms with E-state index in [-0.39, 0.29) is 17.4 Å². The molecule has 1 amide bonds. The summed E-state index contributed by atoms with van der Waals surface area (Å²) in [5.41, 5.74) is 3.00. The van der Waals surface area contributed by atoms with Crippen molar-refractivity contribution in [2.75, 3.05) is 24.5 Å². The van der Waals surface area contributed by atoms with E-state index >= 15 is 0 Å². The minimum absolute atomic E-state index is 0.0628. The van der Waals surface area contributed by atoms with Crippen LogP contribution in [-0.4, -0.2) is 35.3 Å². The fourth-order valence-corrected chi connectivity index (χ4v) is 4.19. The van der Waals surface area contributed by atoms with Gasteiger partial charge in [-0.05, 0) is 36.8 Å². The van der Waals surface area contributed by atoms with Crippen LogP contribution < -0.4 is 15.8 Å². The van der Waals surface area contributed by atoms with Crippen LogP contribution in [0, 0.1) is 5.92 Å². The number of aryl methyl sites for hydroxylation is 1. The zero-order chi connectivity index (χ0) is 22.2. The number of aromatic nitrogens is 2. The SMILES string of the molecule is O=C(NCCCc1ccccc1)[C@@H]1CCCN(c2cnn(Cc3ccccc3)c(=O)c2)C1. The van der Waals surface area contributed by atoms with Crippen molar-refractivity contribution in [2.45, 2.75) is 32.2 Å². The predicted octanol–water partition coefficient (Wildman–Crippen LogP) is 3.26. The number of rotatable bonds is 8. The number of anilines is 1. The third-order valence-corrected chi connectivity index (χ3v) is 5.97. The van der Waals surface area contributed by atoms with Gasteiger partial charge in [0.1, 0.15) is 0 Å². The molecule has 3 aromatic rings. The second-order valence-electron chi connectivity index (χ2n) is 8.36. The van der Waals surface area contributed by atoms with Crippen LogP contribution in [0.1, 0.15) is 30.4 Å². The Kier molecular flexibility index (Phi) is 7.33. The molecule has 1 saturated heterocycles. The topological polar surface area (TPSA) is 67.2 Å². The van der Waals surface area contributed by atoms with Crippen molar-refractivity contribution in [3.63, 3.8) is 0 Å². The highest BCUT2D eigenvalue weighted by molar-refractivity contribution is 5.79. The van der Waals surface area contributed by atoms with Gasteiger partial charge in [0.2, 0.25) is 5.91 Å². The summed E-state index contributed by atoms with van der Waals surface area (Å²) < 4.78 is 1.47. The largest absolute Gasteiger partial charge is 0.369 e. The number of carbonyl (C=O) groups is 1. The van der Waals surface area contributed by atoms with Crippen molar-refractivity contribution in [1.29, 1.82) is 0 Å². The lowest BCUT2D eigenvalue weighted by Gasteiger charge is -2.33. The summed E-state index contributed by atoms with van der Waals surface area (Å²) in [5, 5.41) is 7.47. The van der Waals surface area contributed by atoms with Crippen LogP contribution >= 0.6 is 0 Å². The van der Waals surface area contributed by atoms with Crippen LogP contribution in [0.3, 0.4) is 0 Å². The van der Waals surface area contributed by atoms with Crippen LogP contribution in [0.5, 0.6) is 0 Å². The summed E-state index contributed by atoms with van der Waals surface area (Å²) >= 11 is 0. The van der Waals surface area contributed by atoms with E-state index in [0.717, 1.165) is 43.5 Å². The number of hydrogen-bond acceptors (Lipinski definition) is 4. The molecule has 1 atom stereocenters. The monoisotopic (exact) mass is 430 g/mol. The molecule has 166 valence electrons. The van der Waals surface area contributed by atoms with E-state index in [9.17, 15) is 9.59 Å². The van der Waals surface area contributed by atoms with E-state index in [1.807, 2.05) is 48.5 Å². The number of nitrogens with one attached hydrogen (secondary N) is 1. The lowest BCUT2D eigenvalue weighted by atomic mass is 9.96. The Morgan fingerprint density at radius 2 is 1.75 bits per heavy atom. The van der Waals surface area contributed by atoms with Crippen LogP contribution in [0.15, 0.2) is 77.7 Å². The van der Waals surface area contributed by atoms with Gasteiger partial charge in [-0.1, -0.05) is 60.7 Å². The number of piperidine rings is 1. The molecule has 6 nitrogen and oxygen atoms in total. The highest BCUT2D eigenvalue weighted by Gasteiger charge is 2.26. The van der Waals surface area contributed by atoms with E-state index in [0.29, 0.717) is 19.6 Å². The van der Waals surface area contributed by atoms with E-state index < -0.39 is 0 Å². The maximum absolute atomic E-state index is 12.7. The molecule has 1 aliphatic heterocycles. The smallest absolute Gasteiger partial charge is 0.269 e. The van der Waals surface area contributed by atoms with Crippen molar-refractivity contribution < 1.29 is 4.79 Å². The minimum Gasteiger partial charge on any atom is -0.369 e. The highest BCUT2D eigenvalue weighted by Crippen LogP contribution is 2.22. The maximum Gasteiger partial charge on any atom is 0.269 e. The molecule has 0 saturated carbocycles. The molecular formula is C26H30N4O2. The van der Waals surface area contributed by atoms with Gasteiger partial charge in [0.15, 0.2) is 0 Å². The zero-order valence-corrected chi connectivity index (χ0v) is 18.3. The Labute approximate surface area is 188 Å². The summed E-state index contributed by atoms with van der Waals surface area (Å²) in [6, 6.07) is 21.8. The summed E-state index contributed by atoms with van der Waals surface area (Å²) in [7, 11) is 0. The minimum atomic E-state index is -0.126. The Hall–Kier alpha value is -3.41. The molecule has 0 bridgehead atoms. The average molecular weight is 431 g/mol. The second-order valence-corrected chi connectivity index (χ2v) is 8.36. The Bertz CT molecular complexity index is 1070. The molecule has 2 heterocycles. The zero-order valence-electron chi connectivity index (χ0n) is 18.3. The van der Waals surface area contributed by atoms with Gasteiger partial charge >= 0.3 is 0 Å². The molecule has 32 heavy (non-hydrogen) atoms. The predicted molar refractivity (Wildman–Crippen MR) is 127 cm³/mol. The van der Waals surface area contributed by atoms with Crippen LogP contribution in [-0.2, 0) is 17.8 Å². The van der Waals surface area contributed by atoms with Gasteiger partial charge in [0.25, 0.3) is 5.56 Å². The summed E-state index contributed by atoms with van der Waals surface area (Å²) in [6.45, 7) is 2.59. The van der Waals surface area contributed by atoms with E-state index in [2.05, 4.69) is 27.4 Å². The number of amides is 1. The molecule has 1 fully saturated rings. The molecule has 0 radical (unpaired) electrons. The first-order chi connectivity index (χ1) is 15.7. The third kappa shape index (κ3) is 5.84. The number of carbonyl (C=O) groups excluding carboxylic acids is 1. The van der Waals surface area contributed by atoms with Gasteiger partial charge in [-0.2, -0.15) is 5.10 Å². The molecule has 1 aromatic heterocycles. The van der Waals surface area contributed by atoms with Crippen LogP contribution in [0.4, 0.5) is 5.69 Å². The number of hydrogen-bond donors (Lipinski definition) is 1. The molecule has 2 aromatic carbocycles. The molecule has 1 N–H and O–H groups in total. The first kappa shape index (κ1) is 21.8. The number of benzene rings is 2. The summed E-state index contributed by atoms with van der Waals surface area (Å²) in [5.74, 6) is 0.0420. The maximum atomic E-state index is 12.7. The fourth-order valence-electron chi connectivity index (χ4n) is 4.19. The fraction of sp³-hybridized carbons (Fsp3) is 0.346. The lowest BCUT2D eigenvalue weighted by molar-refractivity contribution is -0.125. The van der Waals surface area contributed by atoms with Crippen LogP contribution in [0.2, 0.25) is 0 Å². The Balaban J connectivity index is 1.29. The van der Waals surface area contributed by atoms with Gasteiger partial charge in [0, 0.05) is 25.7 Å². The quantitative estimate of drug-likeness (QED) is 0.557. The lowest BCUT2D eigenvalue weighted by Crippen LogP contribution is -2.43. The third-order valence-electron chi connectivity index (χ3n) is 5.97. The van der Waals surface area contributed by atoms with Gasteiger partial charge in [-0.3, -0.25) is 9.59 Å². The van der Waals surface area contributed by atoms with E-state index in [1.54, 1.807) is 12.3 Å². The Morgan fingerprint density at radius 1 is 1.03 bits per heavy atom. The van der Waals surface area contributed by atoms with Crippen LogP contribution in [0.25, 0.3) is 0 Å². The molecule has 1 aliphatic rings. The summed E-state index contributed by atoms with van der Waals surface area (Å²) in [4.78, 5) is 27.4. The molecule has 4 rings (SSSR count). The van der Waals surface area contributed by atoms with Crippen molar-refractivity contribution in [3.05, 3.63) is 94.4 Å². The normalized spacial score (nSPS) is 16.0. The first-order valence-electron chi connectivity index (χ1n) is 11.4. The van der Waals surface area contributed by atoms with Gasteiger partial charge < -0.3 is 10.2 Å². The van der Waals surface area contributed by atoms with Gasteiger partial charge in [0.05, 0.1) is 24.3 Å². The van der Waals surface area contributed by atoms with Crippen molar-refractivity contribution in [3.8, 4) is 0 Å². The summed E-state index contributed by atoms with van der Waals surface area (Å²) in [6.07, 6.45) is 5.43.